The SMILES string of the molecule is Cc1ccc2sc(N3CCN(C(=O)c4c(C)nc5ccccn45)CC3)nc2c1C. The minimum atomic E-state index is 0.0524. The molecule has 0 spiro atoms. The van der Waals surface area contributed by atoms with Gasteiger partial charge in [0.25, 0.3) is 5.91 Å². The van der Waals surface area contributed by atoms with Crippen LogP contribution in [0, 0.1) is 20.8 Å². The number of fused-ring (bicyclic) bond motifs is 2. The number of carbonyl (C=O) groups excluding carboxylic acids is 1. The standard InChI is InChI=1S/C22H23N5OS/c1-14-7-8-17-19(15(14)2)24-22(29-17)26-12-10-25(11-13-26)21(28)20-16(3)23-18-6-4-5-9-27(18)20/h4-9H,10-13H2,1-3H3. The summed E-state index contributed by atoms with van der Waals surface area (Å²) in [6, 6.07) is 10.1. The molecule has 0 saturated carbocycles. The normalized spacial score (nSPS) is 14.9. The largest absolute Gasteiger partial charge is 0.345 e. The van der Waals surface area contributed by atoms with Gasteiger partial charge >= 0.3 is 0 Å². The average molecular weight is 406 g/mol. The summed E-state index contributed by atoms with van der Waals surface area (Å²) in [6.07, 6.45) is 1.91. The van der Waals surface area contributed by atoms with Crippen molar-refractivity contribution in [1.29, 1.82) is 0 Å². The summed E-state index contributed by atoms with van der Waals surface area (Å²) in [5, 5.41) is 1.05. The lowest BCUT2D eigenvalue weighted by Gasteiger charge is -2.34. The van der Waals surface area contributed by atoms with Crippen LogP contribution in [-0.4, -0.2) is 51.4 Å². The highest BCUT2D eigenvalue weighted by molar-refractivity contribution is 7.22. The van der Waals surface area contributed by atoms with E-state index in [-0.39, 0.29) is 5.91 Å². The fourth-order valence-corrected chi connectivity index (χ4v) is 5.05. The summed E-state index contributed by atoms with van der Waals surface area (Å²) in [5.41, 5.74) is 5.88. The van der Waals surface area contributed by atoms with E-state index in [1.54, 1.807) is 11.3 Å². The molecule has 6 nitrogen and oxygen atoms in total. The van der Waals surface area contributed by atoms with E-state index in [0.717, 1.165) is 35.1 Å². The Morgan fingerprint density at radius 2 is 1.79 bits per heavy atom. The molecule has 1 aliphatic heterocycles. The Bertz CT molecular complexity index is 1230. The summed E-state index contributed by atoms with van der Waals surface area (Å²) in [4.78, 5) is 26.9. The van der Waals surface area contributed by atoms with Gasteiger partial charge in [0.1, 0.15) is 11.3 Å². The van der Waals surface area contributed by atoms with Crippen molar-refractivity contribution in [3.63, 3.8) is 0 Å². The summed E-state index contributed by atoms with van der Waals surface area (Å²) in [5.74, 6) is 0.0524. The number of imidazole rings is 1. The van der Waals surface area contributed by atoms with Crippen molar-refractivity contribution in [3.8, 4) is 0 Å². The highest BCUT2D eigenvalue weighted by Gasteiger charge is 2.27. The van der Waals surface area contributed by atoms with Crippen LogP contribution in [0.4, 0.5) is 5.13 Å². The summed E-state index contributed by atoms with van der Waals surface area (Å²) in [6.45, 7) is 9.12. The molecule has 0 atom stereocenters. The van der Waals surface area contributed by atoms with Crippen LogP contribution in [0.2, 0.25) is 0 Å². The Kier molecular flexibility index (Phi) is 4.28. The molecular formula is C22H23N5OS. The third kappa shape index (κ3) is 2.97. The minimum absolute atomic E-state index is 0.0524. The number of thiazole rings is 1. The average Bonchev–Trinajstić information content (AvgIpc) is 3.31. The number of hydrogen-bond donors (Lipinski definition) is 0. The number of pyridine rings is 1. The van der Waals surface area contributed by atoms with E-state index in [1.807, 2.05) is 40.6 Å². The lowest BCUT2D eigenvalue weighted by molar-refractivity contribution is 0.0739. The van der Waals surface area contributed by atoms with E-state index in [0.29, 0.717) is 18.8 Å². The first-order chi connectivity index (χ1) is 14.0. The molecule has 4 aromatic rings. The van der Waals surface area contributed by atoms with Gasteiger partial charge < -0.3 is 9.80 Å². The maximum atomic E-state index is 13.2. The third-order valence-electron chi connectivity index (χ3n) is 5.82. The quantitative estimate of drug-likeness (QED) is 0.509. The molecule has 1 amide bonds. The number of rotatable bonds is 2. The Hall–Kier alpha value is -2.93. The second-order valence-corrected chi connectivity index (χ2v) is 8.61. The van der Waals surface area contributed by atoms with E-state index in [4.69, 9.17) is 4.98 Å². The van der Waals surface area contributed by atoms with Gasteiger partial charge in [-0.1, -0.05) is 23.5 Å². The number of aryl methyl sites for hydroxylation is 3. The van der Waals surface area contributed by atoms with Crippen molar-refractivity contribution in [3.05, 3.63) is 59.0 Å². The Balaban J connectivity index is 1.36. The van der Waals surface area contributed by atoms with Crippen molar-refractivity contribution in [2.24, 2.45) is 0 Å². The fourth-order valence-electron chi connectivity index (χ4n) is 3.97. The zero-order valence-corrected chi connectivity index (χ0v) is 17.7. The van der Waals surface area contributed by atoms with E-state index in [2.05, 4.69) is 35.9 Å². The van der Waals surface area contributed by atoms with Crippen molar-refractivity contribution in [2.75, 3.05) is 31.1 Å². The molecule has 148 valence electrons. The number of amides is 1. The fraction of sp³-hybridized carbons (Fsp3) is 0.318. The molecule has 0 bridgehead atoms. The Morgan fingerprint density at radius 3 is 2.59 bits per heavy atom. The zero-order chi connectivity index (χ0) is 20.1. The highest BCUT2D eigenvalue weighted by Crippen LogP contribution is 2.32. The van der Waals surface area contributed by atoms with Crippen molar-refractivity contribution >= 4 is 38.2 Å². The second kappa shape index (κ2) is 6.84. The molecule has 0 aliphatic carbocycles. The van der Waals surface area contributed by atoms with Crippen LogP contribution in [-0.2, 0) is 0 Å². The van der Waals surface area contributed by atoms with Gasteiger partial charge in [-0.05, 0) is 50.1 Å². The van der Waals surface area contributed by atoms with Gasteiger partial charge in [-0.25, -0.2) is 9.97 Å². The van der Waals surface area contributed by atoms with Gasteiger partial charge in [0.15, 0.2) is 5.13 Å². The molecule has 1 fully saturated rings. The smallest absolute Gasteiger partial charge is 0.272 e. The molecule has 1 saturated heterocycles. The lowest BCUT2D eigenvalue weighted by atomic mass is 10.1. The van der Waals surface area contributed by atoms with Crippen molar-refractivity contribution in [2.45, 2.75) is 20.8 Å². The van der Waals surface area contributed by atoms with Crippen molar-refractivity contribution in [1.82, 2.24) is 19.3 Å². The van der Waals surface area contributed by atoms with E-state index in [9.17, 15) is 4.79 Å². The molecule has 7 heteroatoms. The molecule has 0 radical (unpaired) electrons. The highest BCUT2D eigenvalue weighted by atomic mass is 32.1. The lowest BCUT2D eigenvalue weighted by Crippen LogP contribution is -2.49. The summed E-state index contributed by atoms with van der Waals surface area (Å²) < 4.78 is 3.12. The van der Waals surface area contributed by atoms with Crippen LogP contribution in [0.15, 0.2) is 36.5 Å². The number of benzene rings is 1. The molecule has 4 heterocycles. The molecule has 1 aliphatic rings. The van der Waals surface area contributed by atoms with Gasteiger partial charge in [-0.15, -0.1) is 0 Å². The first kappa shape index (κ1) is 18.1. The van der Waals surface area contributed by atoms with Crippen molar-refractivity contribution < 1.29 is 4.79 Å². The van der Waals surface area contributed by atoms with Crippen LogP contribution >= 0.6 is 11.3 Å². The Labute approximate surface area is 173 Å². The predicted molar refractivity (Wildman–Crippen MR) is 117 cm³/mol. The maximum Gasteiger partial charge on any atom is 0.272 e. The third-order valence-corrected chi connectivity index (χ3v) is 6.90. The van der Waals surface area contributed by atoms with E-state index in [1.165, 1.54) is 15.8 Å². The zero-order valence-electron chi connectivity index (χ0n) is 16.8. The molecule has 0 unspecified atom stereocenters. The van der Waals surface area contributed by atoms with Crippen LogP contribution in [0.25, 0.3) is 15.9 Å². The van der Waals surface area contributed by atoms with E-state index >= 15 is 0 Å². The van der Waals surface area contributed by atoms with Crippen LogP contribution in [0.5, 0.6) is 0 Å². The monoisotopic (exact) mass is 405 g/mol. The number of carbonyl (C=O) groups is 1. The molecule has 29 heavy (non-hydrogen) atoms. The van der Waals surface area contributed by atoms with Crippen LogP contribution in [0.3, 0.4) is 0 Å². The topological polar surface area (TPSA) is 53.7 Å². The van der Waals surface area contributed by atoms with Crippen LogP contribution in [0.1, 0.15) is 27.3 Å². The van der Waals surface area contributed by atoms with Gasteiger partial charge in [-0.2, -0.15) is 0 Å². The Morgan fingerprint density at radius 1 is 1.00 bits per heavy atom. The predicted octanol–water partition coefficient (Wildman–Crippen LogP) is 3.83. The molecule has 5 rings (SSSR count). The number of piperazine rings is 1. The number of nitrogens with zero attached hydrogens (tertiary/aromatic N) is 5. The first-order valence-electron chi connectivity index (χ1n) is 9.87. The van der Waals surface area contributed by atoms with Gasteiger partial charge in [0.2, 0.25) is 0 Å². The first-order valence-corrected chi connectivity index (χ1v) is 10.7. The summed E-state index contributed by atoms with van der Waals surface area (Å²) in [7, 11) is 0. The van der Waals surface area contributed by atoms with Gasteiger partial charge in [0.05, 0.1) is 15.9 Å². The number of aromatic nitrogens is 3. The van der Waals surface area contributed by atoms with E-state index < -0.39 is 0 Å². The number of hydrogen-bond acceptors (Lipinski definition) is 5. The molecular weight excluding hydrogens is 382 g/mol. The number of anilines is 1. The van der Waals surface area contributed by atoms with Gasteiger partial charge in [-0.3, -0.25) is 9.20 Å². The van der Waals surface area contributed by atoms with Crippen LogP contribution < -0.4 is 4.90 Å². The second-order valence-electron chi connectivity index (χ2n) is 7.60. The molecule has 0 N–H and O–H groups in total. The molecule has 3 aromatic heterocycles. The summed E-state index contributed by atoms with van der Waals surface area (Å²) >= 11 is 1.74. The molecule has 1 aromatic carbocycles. The maximum absolute atomic E-state index is 13.2. The minimum Gasteiger partial charge on any atom is -0.345 e. The van der Waals surface area contributed by atoms with Gasteiger partial charge in [0, 0.05) is 32.4 Å².